The van der Waals surface area contributed by atoms with Crippen LogP contribution in [0.1, 0.15) is 66.3 Å². The zero-order valence-electron chi connectivity index (χ0n) is 30.3. The van der Waals surface area contributed by atoms with Crippen LogP contribution in [0.3, 0.4) is 0 Å². The second-order valence-corrected chi connectivity index (χ2v) is 13.4. The zero-order chi connectivity index (χ0) is 35.0. The Balaban J connectivity index is 0.00000504. The normalized spacial score (nSPS) is 13.9. The van der Waals surface area contributed by atoms with E-state index in [-0.39, 0.29) is 75.8 Å². The largest absolute Gasteiger partial charge is 0.489 e. The van der Waals surface area contributed by atoms with Crippen LogP contribution in [0.4, 0.5) is 5.69 Å². The van der Waals surface area contributed by atoms with Crippen molar-refractivity contribution in [3.05, 3.63) is 126 Å². The third-order valence-electron chi connectivity index (χ3n) is 9.32. The summed E-state index contributed by atoms with van der Waals surface area (Å²) in [5.74, 6) is 0.765. The Kier molecular flexibility index (Phi) is 14.0. The summed E-state index contributed by atoms with van der Waals surface area (Å²) in [6.07, 6.45) is 3.25. The Morgan fingerprint density at radius 2 is 1.49 bits per heavy atom. The summed E-state index contributed by atoms with van der Waals surface area (Å²) in [5.41, 5.74) is 5.61. The van der Waals surface area contributed by atoms with Crippen molar-refractivity contribution in [1.29, 1.82) is 0 Å². The van der Waals surface area contributed by atoms with Gasteiger partial charge in [0.05, 0.1) is 11.8 Å². The average Bonchev–Trinajstić information content (AvgIpc) is 3.49. The first-order chi connectivity index (χ1) is 24.2. The number of anilines is 1. The van der Waals surface area contributed by atoms with Crippen molar-refractivity contribution in [2.45, 2.75) is 58.8 Å². The molecular weight excluding hydrogens is 666 g/mol. The van der Waals surface area contributed by atoms with Crippen molar-refractivity contribution in [2.24, 2.45) is 0 Å². The molecule has 0 aliphatic carbocycles. The Labute approximate surface area is 343 Å². The molecule has 1 atom stereocenters. The molecule has 1 aromatic heterocycles. The van der Waals surface area contributed by atoms with E-state index >= 15 is 0 Å². The van der Waals surface area contributed by atoms with E-state index in [1.54, 1.807) is 0 Å². The monoisotopic (exact) mass is 712 g/mol. The van der Waals surface area contributed by atoms with Gasteiger partial charge in [0.2, 0.25) is 0 Å². The van der Waals surface area contributed by atoms with E-state index in [1.165, 1.54) is 5.56 Å². The Morgan fingerprint density at radius 1 is 0.804 bits per heavy atom. The molecule has 2 heterocycles. The number of fused-ring (bicyclic) bond motifs is 1. The number of hydrogen-bond acceptors (Lipinski definition) is 6. The van der Waals surface area contributed by atoms with Crippen LogP contribution < -0.4 is 14.4 Å². The number of carboxylic acids is 1. The first-order valence-electron chi connectivity index (χ1n) is 17.7. The molecule has 1 N–H and O–H groups in total. The van der Waals surface area contributed by atoms with Crippen molar-refractivity contribution in [3.8, 4) is 11.5 Å². The van der Waals surface area contributed by atoms with Crippen LogP contribution in [0.5, 0.6) is 11.5 Å². The minimum Gasteiger partial charge on any atom is -0.489 e. The average molecular weight is 713 g/mol. The van der Waals surface area contributed by atoms with Gasteiger partial charge in [-0.05, 0) is 75.2 Å². The molecule has 1 radical (unpaired) electrons. The SMILES string of the molecule is Cc1ccc(C(CCN2CCN(c3ccccc3OC(C)C)CC2)Oc2ccc(C(=O)c3cn(CCCC(=O)O)c4ccccc34)cc2)cc1.[K]. The molecule has 4 aromatic carbocycles. The van der Waals surface area contributed by atoms with E-state index in [4.69, 9.17) is 14.6 Å². The topological polar surface area (TPSA) is 84.2 Å². The van der Waals surface area contributed by atoms with Crippen LogP contribution in [-0.4, -0.2) is 117 Å². The van der Waals surface area contributed by atoms with Crippen LogP contribution in [0.15, 0.2) is 103 Å². The maximum atomic E-state index is 13.7. The molecule has 51 heavy (non-hydrogen) atoms. The van der Waals surface area contributed by atoms with E-state index in [2.05, 4.69) is 73.0 Å². The predicted molar refractivity (Wildman–Crippen MR) is 204 cm³/mol. The third-order valence-corrected chi connectivity index (χ3v) is 9.32. The van der Waals surface area contributed by atoms with Crippen LogP contribution in [0, 0.1) is 6.92 Å². The van der Waals surface area contributed by atoms with Crippen LogP contribution in [-0.2, 0) is 11.3 Å². The fraction of sp³-hybridized carbons (Fsp3) is 0.333. The first-order valence-corrected chi connectivity index (χ1v) is 17.7. The Hall–Kier alpha value is -3.44. The molecule has 6 rings (SSSR count). The number of rotatable bonds is 15. The number of para-hydroxylation sites is 3. The van der Waals surface area contributed by atoms with Gasteiger partial charge in [-0.15, -0.1) is 0 Å². The molecule has 8 nitrogen and oxygen atoms in total. The second kappa shape index (κ2) is 18.4. The van der Waals surface area contributed by atoms with Gasteiger partial charge in [0, 0.05) is 132 Å². The number of ether oxygens (including phenoxy) is 2. The van der Waals surface area contributed by atoms with Gasteiger partial charge in [0.15, 0.2) is 5.78 Å². The number of aryl methyl sites for hydroxylation is 2. The molecule has 1 aliphatic rings. The fourth-order valence-electron chi connectivity index (χ4n) is 6.68. The summed E-state index contributed by atoms with van der Waals surface area (Å²) in [5, 5.41) is 9.94. The first kappa shape index (κ1) is 38.8. The van der Waals surface area contributed by atoms with Gasteiger partial charge >= 0.3 is 5.97 Å². The number of carboxylic acid groups (broad SMARTS) is 1. The molecule has 1 saturated heterocycles. The van der Waals surface area contributed by atoms with E-state index < -0.39 is 5.97 Å². The van der Waals surface area contributed by atoms with E-state index in [9.17, 15) is 9.59 Å². The second-order valence-electron chi connectivity index (χ2n) is 13.4. The summed E-state index contributed by atoms with van der Waals surface area (Å²) < 4.78 is 14.7. The van der Waals surface area contributed by atoms with Gasteiger partial charge in [-0.25, -0.2) is 0 Å². The molecule has 0 saturated carbocycles. The number of benzene rings is 4. The molecule has 0 amide bonds. The maximum Gasteiger partial charge on any atom is 0.303 e. The molecule has 1 unspecified atom stereocenters. The summed E-state index contributed by atoms with van der Waals surface area (Å²) in [7, 11) is 0. The van der Waals surface area contributed by atoms with E-state index in [0.29, 0.717) is 24.1 Å². The number of piperazine rings is 1. The number of carbonyl (C=O) groups is 2. The molecule has 0 bridgehead atoms. The molecule has 1 aliphatic heterocycles. The van der Waals surface area contributed by atoms with Gasteiger partial charge in [-0.2, -0.15) is 0 Å². The summed E-state index contributed by atoms with van der Waals surface area (Å²) in [6, 6.07) is 32.1. The summed E-state index contributed by atoms with van der Waals surface area (Å²) in [6.45, 7) is 11.4. The molecule has 261 valence electrons. The molecule has 5 aromatic rings. The van der Waals surface area contributed by atoms with Crippen molar-refractivity contribution >= 4 is 79.7 Å². The Bertz CT molecular complexity index is 1900. The minimum atomic E-state index is -0.821. The van der Waals surface area contributed by atoms with Crippen molar-refractivity contribution in [2.75, 3.05) is 37.6 Å². The van der Waals surface area contributed by atoms with Gasteiger partial charge in [0.1, 0.15) is 17.6 Å². The van der Waals surface area contributed by atoms with Gasteiger partial charge in [0.25, 0.3) is 0 Å². The van der Waals surface area contributed by atoms with Crippen molar-refractivity contribution in [3.63, 3.8) is 0 Å². The number of hydrogen-bond donors (Lipinski definition) is 1. The number of aliphatic carboxylic acids is 1. The number of carbonyl (C=O) groups excluding carboxylic acids is 1. The summed E-state index contributed by atoms with van der Waals surface area (Å²) in [4.78, 5) is 29.7. The minimum absolute atomic E-state index is 0. The van der Waals surface area contributed by atoms with E-state index in [0.717, 1.165) is 72.8 Å². The number of ketones is 1. The number of aromatic nitrogens is 1. The van der Waals surface area contributed by atoms with Crippen LogP contribution in [0.25, 0.3) is 10.9 Å². The standard InChI is InChI=1S/C42H47N3O5.K/c1-30(2)49-40-12-7-6-11-38(40)44-27-25-43(26-28-44)24-22-39(32-16-14-31(3)15-17-32)50-34-20-18-33(19-21-34)42(48)36-29-45(23-8-13-41(46)47)37-10-5-4-9-35(36)37;/h4-7,9-12,14-21,29-30,39H,8,13,22-28H2,1-3H3,(H,46,47);. The molecule has 9 heteroatoms. The van der Waals surface area contributed by atoms with Crippen molar-refractivity contribution < 1.29 is 24.2 Å². The third kappa shape index (κ3) is 10.1. The quantitative estimate of drug-likeness (QED) is 0.0877. The molecule has 0 spiro atoms. The zero-order valence-corrected chi connectivity index (χ0v) is 33.4. The fourth-order valence-corrected chi connectivity index (χ4v) is 6.68. The molecular formula is C42H47KN3O5. The van der Waals surface area contributed by atoms with Gasteiger partial charge in [-0.1, -0.05) is 60.2 Å². The van der Waals surface area contributed by atoms with Crippen LogP contribution >= 0.6 is 0 Å². The maximum absolute atomic E-state index is 13.7. The summed E-state index contributed by atoms with van der Waals surface area (Å²) >= 11 is 0. The Morgan fingerprint density at radius 3 is 2.20 bits per heavy atom. The van der Waals surface area contributed by atoms with Crippen molar-refractivity contribution in [1.82, 2.24) is 9.47 Å². The predicted octanol–water partition coefficient (Wildman–Crippen LogP) is 7.78. The van der Waals surface area contributed by atoms with Gasteiger partial charge in [-0.3, -0.25) is 14.5 Å². The smallest absolute Gasteiger partial charge is 0.303 e. The number of nitrogens with zero attached hydrogens (tertiary/aromatic N) is 3. The van der Waals surface area contributed by atoms with E-state index in [1.807, 2.05) is 65.4 Å². The van der Waals surface area contributed by atoms with Crippen LogP contribution in [0.2, 0.25) is 0 Å². The molecule has 1 fully saturated rings. The van der Waals surface area contributed by atoms with Gasteiger partial charge < -0.3 is 24.0 Å².